The quantitative estimate of drug-likeness (QED) is 0.313. The first kappa shape index (κ1) is 34.9. The molecule has 0 radical (unpaired) electrons. The standard InChI is InChI=1S/C31H51N3O6/c1-12-31(10,11)34(28(37)24(18-20(3)4)33-29(38)40-30(7,8)9)26(23-19-21(5)14-15-22(23)6)27(36)32-17-16-25(35)39-13-2/h14-15,19-20,24,26H,12-13,16-18H2,1-11H3,(H,32,36)(H,33,38). The summed E-state index contributed by atoms with van der Waals surface area (Å²) in [5, 5.41) is 5.63. The molecule has 40 heavy (non-hydrogen) atoms. The lowest BCUT2D eigenvalue weighted by atomic mass is 9.89. The molecule has 0 aliphatic heterocycles. The van der Waals surface area contributed by atoms with Gasteiger partial charge in [0.2, 0.25) is 11.8 Å². The average molecular weight is 562 g/mol. The summed E-state index contributed by atoms with van der Waals surface area (Å²) in [4.78, 5) is 54.7. The van der Waals surface area contributed by atoms with Gasteiger partial charge in [-0.15, -0.1) is 0 Å². The molecule has 2 unspecified atom stereocenters. The Hall–Kier alpha value is -3.10. The normalized spacial score (nSPS) is 13.3. The Labute approximate surface area is 240 Å². The number of benzene rings is 1. The van der Waals surface area contributed by atoms with Crippen LogP contribution in [-0.2, 0) is 23.9 Å². The SMILES string of the molecule is CCOC(=O)CCNC(=O)C(c1cc(C)ccc1C)N(C(=O)C(CC(C)C)NC(=O)OC(C)(C)C)C(C)(C)CC. The zero-order valence-corrected chi connectivity index (χ0v) is 26.4. The van der Waals surface area contributed by atoms with E-state index in [2.05, 4.69) is 10.6 Å². The van der Waals surface area contributed by atoms with Crippen molar-refractivity contribution in [3.63, 3.8) is 0 Å². The number of esters is 1. The van der Waals surface area contributed by atoms with Gasteiger partial charge in [-0.25, -0.2) is 4.79 Å². The van der Waals surface area contributed by atoms with Gasteiger partial charge < -0.3 is 25.0 Å². The molecule has 9 nitrogen and oxygen atoms in total. The number of hydrogen-bond donors (Lipinski definition) is 2. The van der Waals surface area contributed by atoms with Gasteiger partial charge in [0.15, 0.2) is 0 Å². The first-order chi connectivity index (χ1) is 18.4. The Morgan fingerprint density at radius 1 is 1.00 bits per heavy atom. The molecule has 0 aromatic heterocycles. The van der Waals surface area contributed by atoms with Crippen LogP contribution < -0.4 is 10.6 Å². The summed E-state index contributed by atoms with van der Waals surface area (Å²) in [6.45, 7) is 20.9. The van der Waals surface area contributed by atoms with Gasteiger partial charge in [0, 0.05) is 12.1 Å². The summed E-state index contributed by atoms with van der Waals surface area (Å²) in [6, 6.07) is 3.88. The second-order valence-electron chi connectivity index (χ2n) is 12.3. The van der Waals surface area contributed by atoms with Crippen molar-refractivity contribution in [2.24, 2.45) is 5.92 Å². The molecule has 0 saturated carbocycles. The minimum absolute atomic E-state index is 0.0143. The van der Waals surface area contributed by atoms with E-state index in [1.807, 2.05) is 66.7 Å². The number of hydrogen-bond acceptors (Lipinski definition) is 6. The number of nitrogens with one attached hydrogen (secondary N) is 2. The molecule has 226 valence electrons. The topological polar surface area (TPSA) is 114 Å². The van der Waals surface area contributed by atoms with Crippen molar-refractivity contribution < 1.29 is 28.7 Å². The molecule has 0 spiro atoms. The second-order valence-corrected chi connectivity index (χ2v) is 12.3. The highest BCUT2D eigenvalue weighted by Gasteiger charge is 2.43. The van der Waals surface area contributed by atoms with Crippen LogP contribution in [-0.4, -0.2) is 59.1 Å². The minimum atomic E-state index is -1.00. The molecule has 0 bridgehead atoms. The van der Waals surface area contributed by atoms with Crippen LogP contribution in [0.2, 0.25) is 0 Å². The minimum Gasteiger partial charge on any atom is -0.466 e. The van der Waals surface area contributed by atoms with Crippen molar-refractivity contribution in [1.82, 2.24) is 15.5 Å². The molecule has 1 rings (SSSR count). The predicted molar refractivity (Wildman–Crippen MR) is 157 cm³/mol. The molecule has 1 aromatic rings. The van der Waals surface area contributed by atoms with Gasteiger partial charge in [-0.3, -0.25) is 14.4 Å². The van der Waals surface area contributed by atoms with Crippen LogP contribution in [0.15, 0.2) is 18.2 Å². The number of carbonyl (C=O) groups is 4. The predicted octanol–water partition coefficient (Wildman–Crippen LogP) is 5.37. The number of carbonyl (C=O) groups excluding carboxylic acids is 4. The maximum atomic E-state index is 14.5. The summed E-state index contributed by atoms with van der Waals surface area (Å²) in [5.74, 6) is -1.12. The van der Waals surface area contributed by atoms with Gasteiger partial charge in [0.05, 0.1) is 13.0 Å². The fourth-order valence-corrected chi connectivity index (χ4v) is 4.33. The molecular formula is C31H51N3O6. The van der Waals surface area contributed by atoms with Gasteiger partial charge >= 0.3 is 12.1 Å². The number of ether oxygens (including phenoxy) is 2. The van der Waals surface area contributed by atoms with E-state index in [0.29, 0.717) is 18.4 Å². The van der Waals surface area contributed by atoms with E-state index >= 15 is 0 Å². The molecule has 0 aliphatic carbocycles. The fourth-order valence-electron chi connectivity index (χ4n) is 4.33. The summed E-state index contributed by atoms with van der Waals surface area (Å²) in [7, 11) is 0. The van der Waals surface area contributed by atoms with E-state index in [1.54, 1.807) is 32.6 Å². The smallest absolute Gasteiger partial charge is 0.408 e. The van der Waals surface area contributed by atoms with Crippen molar-refractivity contribution in [2.75, 3.05) is 13.2 Å². The van der Waals surface area contributed by atoms with E-state index < -0.39 is 41.2 Å². The number of amides is 3. The van der Waals surface area contributed by atoms with Crippen molar-refractivity contribution in [3.05, 3.63) is 34.9 Å². The maximum Gasteiger partial charge on any atom is 0.408 e. The Morgan fingerprint density at radius 2 is 1.62 bits per heavy atom. The summed E-state index contributed by atoms with van der Waals surface area (Å²) in [6.07, 6.45) is 0.235. The Bertz CT molecular complexity index is 1030. The van der Waals surface area contributed by atoms with Crippen molar-refractivity contribution in [2.45, 2.75) is 119 Å². The van der Waals surface area contributed by atoms with E-state index in [1.165, 1.54) is 0 Å². The van der Waals surface area contributed by atoms with Crippen LogP contribution in [0.1, 0.15) is 104 Å². The van der Waals surface area contributed by atoms with Gasteiger partial charge in [0.1, 0.15) is 17.7 Å². The van der Waals surface area contributed by atoms with Crippen LogP contribution in [0.5, 0.6) is 0 Å². The Morgan fingerprint density at radius 3 is 2.15 bits per heavy atom. The monoisotopic (exact) mass is 561 g/mol. The number of nitrogens with zero attached hydrogens (tertiary/aromatic N) is 1. The highest BCUT2D eigenvalue weighted by Crippen LogP contribution is 2.34. The largest absolute Gasteiger partial charge is 0.466 e. The highest BCUT2D eigenvalue weighted by atomic mass is 16.6. The third kappa shape index (κ3) is 10.8. The van der Waals surface area contributed by atoms with Crippen LogP contribution in [0.3, 0.4) is 0 Å². The first-order valence-corrected chi connectivity index (χ1v) is 14.3. The van der Waals surface area contributed by atoms with Gasteiger partial charge in [-0.05, 0) is 85.3 Å². The fraction of sp³-hybridized carbons (Fsp3) is 0.677. The molecule has 0 aliphatic rings. The van der Waals surface area contributed by atoms with Gasteiger partial charge in [-0.1, -0.05) is 44.5 Å². The van der Waals surface area contributed by atoms with E-state index in [9.17, 15) is 19.2 Å². The molecule has 0 fully saturated rings. The second kappa shape index (κ2) is 15.1. The molecule has 2 N–H and O–H groups in total. The number of aryl methyl sites for hydroxylation is 2. The molecule has 3 amide bonds. The molecule has 9 heteroatoms. The third-order valence-electron chi connectivity index (χ3n) is 6.62. The third-order valence-corrected chi connectivity index (χ3v) is 6.62. The number of alkyl carbamates (subject to hydrolysis) is 1. The summed E-state index contributed by atoms with van der Waals surface area (Å²) in [5.41, 5.74) is 0.974. The lowest BCUT2D eigenvalue weighted by molar-refractivity contribution is -0.150. The van der Waals surface area contributed by atoms with Crippen LogP contribution in [0, 0.1) is 19.8 Å². The highest BCUT2D eigenvalue weighted by molar-refractivity contribution is 5.93. The molecule has 0 heterocycles. The van der Waals surface area contributed by atoms with Crippen LogP contribution in [0.4, 0.5) is 4.79 Å². The van der Waals surface area contributed by atoms with Gasteiger partial charge in [0.25, 0.3) is 0 Å². The van der Waals surface area contributed by atoms with Crippen molar-refractivity contribution in [1.29, 1.82) is 0 Å². The average Bonchev–Trinajstić information content (AvgIpc) is 2.81. The zero-order chi connectivity index (χ0) is 30.8. The lowest BCUT2D eigenvalue weighted by Gasteiger charge is -2.45. The zero-order valence-electron chi connectivity index (χ0n) is 26.4. The molecule has 1 aromatic carbocycles. The van der Waals surface area contributed by atoms with Crippen molar-refractivity contribution in [3.8, 4) is 0 Å². The maximum absolute atomic E-state index is 14.5. The first-order valence-electron chi connectivity index (χ1n) is 14.3. The van der Waals surface area contributed by atoms with Crippen LogP contribution >= 0.6 is 0 Å². The molecular weight excluding hydrogens is 510 g/mol. The Kier molecular flexibility index (Phi) is 13.1. The molecule has 2 atom stereocenters. The molecule has 0 saturated heterocycles. The van der Waals surface area contributed by atoms with Crippen molar-refractivity contribution >= 4 is 23.9 Å². The van der Waals surface area contributed by atoms with Gasteiger partial charge in [-0.2, -0.15) is 0 Å². The van der Waals surface area contributed by atoms with Crippen LogP contribution in [0.25, 0.3) is 0 Å². The summed E-state index contributed by atoms with van der Waals surface area (Å²) >= 11 is 0. The summed E-state index contributed by atoms with van der Waals surface area (Å²) < 4.78 is 10.5. The Balaban J connectivity index is 3.65. The van der Waals surface area contributed by atoms with E-state index in [4.69, 9.17) is 9.47 Å². The van der Waals surface area contributed by atoms with E-state index in [0.717, 1.165) is 11.1 Å². The number of rotatable bonds is 13. The lowest BCUT2D eigenvalue weighted by Crippen LogP contribution is -2.59. The van der Waals surface area contributed by atoms with E-state index in [-0.39, 0.29) is 31.4 Å².